The molecule has 0 aliphatic rings. The number of halogens is 3. The Bertz CT molecular complexity index is 266. The molecule has 1 rings (SSSR count). The molecule has 72 valence electrons. The van der Waals surface area contributed by atoms with E-state index in [2.05, 4.69) is 5.32 Å². The van der Waals surface area contributed by atoms with Crippen LogP contribution in [-0.2, 0) is 0 Å². The highest BCUT2D eigenvalue weighted by Gasteiger charge is 2.02. The first kappa shape index (κ1) is 9.89. The maximum absolute atomic E-state index is 12.7. The van der Waals surface area contributed by atoms with Gasteiger partial charge in [-0.25, -0.2) is 13.2 Å². The number of alkyl halides is 2. The second-order valence-electron chi connectivity index (χ2n) is 2.79. The molecule has 0 atom stereocenters. The predicted octanol–water partition coefficient (Wildman–Crippen LogP) is 2.81. The molecule has 13 heavy (non-hydrogen) atoms. The van der Waals surface area contributed by atoms with E-state index >= 15 is 0 Å². The van der Waals surface area contributed by atoms with Gasteiger partial charge in [0.25, 0.3) is 6.43 Å². The molecule has 0 fully saturated rings. The van der Waals surface area contributed by atoms with E-state index < -0.39 is 18.8 Å². The smallest absolute Gasteiger partial charge is 0.255 e. The summed E-state index contributed by atoms with van der Waals surface area (Å²) < 4.78 is 36.3. The van der Waals surface area contributed by atoms with Crippen LogP contribution >= 0.6 is 0 Å². The van der Waals surface area contributed by atoms with Crippen LogP contribution in [-0.4, -0.2) is 13.0 Å². The monoisotopic (exact) mass is 189 g/mol. The second kappa shape index (κ2) is 4.16. The molecular formula is C9H10F3N. The fourth-order valence-corrected chi connectivity index (χ4v) is 1.03. The lowest BCUT2D eigenvalue weighted by Gasteiger charge is -2.06. The van der Waals surface area contributed by atoms with Crippen molar-refractivity contribution in [3.05, 3.63) is 29.6 Å². The van der Waals surface area contributed by atoms with Crippen LogP contribution in [0.5, 0.6) is 0 Å². The van der Waals surface area contributed by atoms with Gasteiger partial charge in [0.1, 0.15) is 5.82 Å². The molecule has 0 aliphatic heterocycles. The molecule has 1 N–H and O–H groups in total. The van der Waals surface area contributed by atoms with Crippen LogP contribution in [0.3, 0.4) is 0 Å². The normalized spacial score (nSPS) is 10.5. The molecule has 0 heterocycles. The Morgan fingerprint density at radius 1 is 1.31 bits per heavy atom. The van der Waals surface area contributed by atoms with Crippen LogP contribution in [0.15, 0.2) is 18.2 Å². The van der Waals surface area contributed by atoms with E-state index in [4.69, 9.17) is 0 Å². The lowest BCUT2D eigenvalue weighted by atomic mass is 10.2. The molecule has 0 amide bonds. The first-order valence-electron chi connectivity index (χ1n) is 3.87. The van der Waals surface area contributed by atoms with Crippen molar-refractivity contribution in [2.45, 2.75) is 13.3 Å². The van der Waals surface area contributed by atoms with E-state index in [9.17, 15) is 13.2 Å². The minimum absolute atomic E-state index is 0.387. The summed E-state index contributed by atoms with van der Waals surface area (Å²) in [5.41, 5.74) is 1.09. The Kier molecular flexibility index (Phi) is 3.17. The zero-order valence-corrected chi connectivity index (χ0v) is 7.15. The molecule has 0 aromatic heterocycles. The van der Waals surface area contributed by atoms with Gasteiger partial charge in [0.05, 0.1) is 6.54 Å². The molecule has 4 heteroatoms. The van der Waals surface area contributed by atoms with Gasteiger partial charge in [0.2, 0.25) is 0 Å². The third-order valence-corrected chi connectivity index (χ3v) is 1.50. The summed E-state index contributed by atoms with van der Waals surface area (Å²) in [5.74, 6) is -0.420. The van der Waals surface area contributed by atoms with Crippen LogP contribution in [0.25, 0.3) is 0 Å². The van der Waals surface area contributed by atoms with Gasteiger partial charge in [0, 0.05) is 5.69 Å². The lowest BCUT2D eigenvalue weighted by Crippen LogP contribution is -2.10. The molecular weight excluding hydrogens is 179 g/mol. The summed E-state index contributed by atoms with van der Waals surface area (Å²) in [7, 11) is 0. The minimum atomic E-state index is -2.43. The number of hydrogen-bond acceptors (Lipinski definition) is 1. The highest BCUT2D eigenvalue weighted by molar-refractivity contribution is 5.45. The van der Waals surface area contributed by atoms with Gasteiger partial charge in [0.15, 0.2) is 0 Å². The molecule has 0 unspecified atom stereocenters. The molecule has 0 spiro atoms. The molecule has 0 saturated heterocycles. The number of aryl methyl sites for hydroxylation is 1. The third kappa shape index (κ3) is 3.36. The number of hydrogen-bond donors (Lipinski definition) is 1. The van der Waals surface area contributed by atoms with Crippen LogP contribution in [0.1, 0.15) is 5.56 Å². The molecule has 1 nitrogen and oxygen atoms in total. The number of rotatable bonds is 3. The summed E-state index contributed by atoms with van der Waals surface area (Å²) in [6.45, 7) is 1.25. The highest BCUT2D eigenvalue weighted by Crippen LogP contribution is 2.13. The zero-order chi connectivity index (χ0) is 9.84. The van der Waals surface area contributed by atoms with E-state index in [0.717, 1.165) is 0 Å². The van der Waals surface area contributed by atoms with E-state index in [1.54, 1.807) is 13.0 Å². The Balaban J connectivity index is 2.66. The summed E-state index contributed by atoms with van der Waals surface area (Å²) in [6, 6.07) is 4.15. The van der Waals surface area contributed by atoms with Gasteiger partial charge in [-0.3, -0.25) is 0 Å². The maximum Gasteiger partial charge on any atom is 0.255 e. The minimum Gasteiger partial charge on any atom is -0.379 e. The van der Waals surface area contributed by atoms with E-state index in [0.29, 0.717) is 11.3 Å². The lowest BCUT2D eigenvalue weighted by molar-refractivity contribution is 0.163. The number of benzene rings is 1. The van der Waals surface area contributed by atoms with E-state index in [1.807, 2.05) is 0 Å². The number of nitrogens with one attached hydrogen (secondary N) is 1. The highest BCUT2D eigenvalue weighted by atomic mass is 19.3. The fourth-order valence-electron chi connectivity index (χ4n) is 1.03. The van der Waals surface area contributed by atoms with Crippen molar-refractivity contribution in [2.75, 3.05) is 11.9 Å². The quantitative estimate of drug-likeness (QED) is 0.770. The van der Waals surface area contributed by atoms with E-state index in [1.165, 1.54) is 12.1 Å². The summed E-state index contributed by atoms with van der Waals surface area (Å²) in [4.78, 5) is 0. The summed E-state index contributed by atoms with van der Waals surface area (Å²) in [5, 5.41) is 2.44. The summed E-state index contributed by atoms with van der Waals surface area (Å²) in [6.07, 6.45) is -2.43. The maximum atomic E-state index is 12.7. The Labute approximate surface area is 74.6 Å². The first-order chi connectivity index (χ1) is 6.08. The topological polar surface area (TPSA) is 12.0 Å². The number of anilines is 1. The van der Waals surface area contributed by atoms with Crippen molar-refractivity contribution in [2.24, 2.45) is 0 Å². The van der Waals surface area contributed by atoms with Crippen molar-refractivity contribution in [3.63, 3.8) is 0 Å². The van der Waals surface area contributed by atoms with Gasteiger partial charge in [-0.2, -0.15) is 0 Å². The molecule has 1 aromatic carbocycles. The van der Waals surface area contributed by atoms with Crippen LogP contribution in [0.4, 0.5) is 18.9 Å². The van der Waals surface area contributed by atoms with Crippen molar-refractivity contribution in [3.8, 4) is 0 Å². The second-order valence-corrected chi connectivity index (χ2v) is 2.79. The van der Waals surface area contributed by atoms with Crippen LogP contribution in [0, 0.1) is 12.7 Å². The average molecular weight is 189 g/mol. The predicted molar refractivity (Wildman–Crippen MR) is 45.6 cm³/mol. The first-order valence-corrected chi connectivity index (χ1v) is 3.87. The van der Waals surface area contributed by atoms with Gasteiger partial charge < -0.3 is 5.32 Å². The standard InChI is InChI=1S/C9H10F3N/c1-6-2-7(10)4-8(3-6)13-5-9(11)12/h2-4,9,13H,5H2,1H3. The average Bonchev–Trinajstić information content (AvgIpc) is 1.99. The largest absolute Gasteiger partial charge is 0.379 e. The van der Waals surface area contributed by atoms with Crippen molar-refractivity contribution >= 4 is 5.69 Å². The van der Waals surface area contributed by atoms with Gasteiger partial charge >= 0.3 is 0 Å². The molecule has 0 bridgehead atoms. The van der Waals surface area contributed by atoms with E-state index in [-0.39, 0.29) is 0 Å². The van der Waals surface area contributed by atoms with Gasteiger partial charge in [-0.05, 0) is 30.7 Å². The van der Waals surface area contributed by atoms with Gasteiger partial charge in [-0.1, -0.05) is 0 Å². The molecule has 0 aliphatic carbocycles. The molecule has 1 aromatic rings. The van der Waals surface area contributed by atoms with Crippen molar-refractivity contribution in [1.29, 1.82) is 0 Å². The SMILES string of the molecule is Cc1cc(F)cc(NCC(F)F)c1. The molecule has 0 radical (unpaired) electrons. The fraction of sp³-hybridized carbons (Fsp3) is 0.333. The Morgan fingerprint density at radius 2 is 2.00 bits per heavy atom. The Morgan fingerprint density at radius 3 is 2.54 bits per heavy atom. The van der Waals surface area contributed by atoms with Gasteiger partial charge in [-0.15, -0.1) is 0 Å². The zero-order valence-electron chi connectivity index (χ0n) is 7.15. The van der Waals surface area contributed by atoms with Crippen molar-refractivity contribution < 1.29 is 13.2 Å². The third-order valence-electron chi connectivity index (χ3n) is 1.50. The summed E-state index contributed by atoms with van der Waals surface area (Å²) >= 11 is 0. The van der Waals surface area contributed by atoms with Crippen molar-refractivity contribution in [1.82, 2.24) is 0 Å². The van der Waals surface area contributed by atoms with Crippen LogP contribution in [0.2, 0.25) is 0 Å². The molecule has 0 saturated carbocycles. The Hall–Kier alpha value is -1.19. The van der Waals surface area contributed by atoms with Crippen LogP contribution < -0.4 is 5.32 Å².